The van der Waals surface area contributed by atoms with Crippen LogP contribution < -0.4 is 15.2 Å². The van der Waals surface area contributed by atoms with E-state index in [-0.39, 0.29) is 0 Å². The van der Waals surface area contributed by atoms with Gasteiger partial charge in [0, 0.05) is 23.7 Å². The number of rotatable bonds is 3. The van der Waals surface area contributed by atoms with E-state index in [0.717, 1.165) is 5.39 Å². The van der Waals surface area contributed by atoms with E-state index in [2.05, 4.69) is 9.97 Å². The first kappa shape index (κ1) is 12.2. The lowest BCUT2D eigenvalue weighted by atomic mass is 10.2. The molecule has 2 heterocycles. The summed E-state index contributed by atoms with van der Waals surface area (Å²) in [6.45, 7) is 0. The second kappa shape index (κ2) is 5.05. The number of fused-ring (bicyclic) bond motifs is 1. The molecule has 20 heavy (non-hydrogen) atoms. The van der Waals surface area contributed by atoms with Crippen molar-refractivity contribution in [2.75, 3.05) is 12.8 Å². The van der Waals surface area contributed by atoms with Gasteiger partial charge < -0.3 is 15.2 Å². The monoisotopic (exact) mass is 267 g/mol. The van der Waals surface area contributed by atoms with Crippen LogP contribution in [0.15, 0.2) is 48.7 Å². The number of nitrogen functional groups attached to an aromatic ring is 1. The molecule has 0 spiro atoms. The summed E-state index contributed by atoms with van der Waals surface area (Å²) in [5, 5.41) is 0.845. The van der Waals surface area contributed by atoms with Gasteiger partial charge in [-0.2, -0.15) is 4.98 Å². The molecular formula is C15H13N3O2. The van der Waals surface area contributed by atoms with E-state index in [1.165, 1.54) is 0 Å². The van der Waals surface area contributed by atoms with Crippen molar-refractivity contribution in [1.29, 1.82) is 0 Å². The maximum Gasteiger partial charge on any atom is 0.222 e. The normalized spacial score (nSPS) is 10.4. The molecule has 5 nitrogen and oxygen atoms in total. The number of hydrogen-bond donors (Lipinski definition) is 1. The van der Waals surface area contributed by atoms with Crippen molar-refractivity contribution in [1.82, 2.24) is 9.97 Å². The molecule has 100 valence electrons. The van der Waals surface area contributed by atoms with Gasteiger partial charge in [0.2, 0.25) is 11.8 Å². The highest BCUT2D eigenvalue weighted by atomic mass is 16.5. The van der Waals surface area contributed by atoms with E-state index in [0.29, 0.717) is 28.7 Å². The highest BCUT2D eigenvalue weighted by Gasteiger charge is 2.08. The van der Waals surface area contributed by atoms with Crippen LogP contribution in [0.5, 0.6) is 17.5 Å². The average molecular weight is 267 g/mol. The lowest BCUT2D eigenvalue weighted by molar-refractivity contribution is 0.384. The van der Waals surface area contributed by atoms with E-state index >= 15 is 0 Å². The fraction of sp³-hybridized carbons (Fsp3) is 0.0667. The number of hydrogen-bond acceptors (Lipinski definition) is 5. The van der Waals surface area contributed by atoms with Crippen LogP contribution in [0.3, 0.4) is 0 Å². The number of ether oxygens (including phenoxy) is 2. The molecule has 5 heteroatoms. The maximum absolute atomic E-state index is 5.91. The van der Waals surface area contributed by atoms with Crippen molar-refractivity contribution in [3.63, 3.8) is 0 Å². The molecule has 1 aromatic carbocycles. The molecule has 0 radical (unpaired) electrons. The molecule has 0 saturated carbocycles. The molecule has 0 amide bonds. The Labute approximate surface area is 116 Å². The van der Waals surface area contributed by atoms with Gasteiger partial charge in [0.15, 0.2) is 0 Å². The van der Waals surface area contributed by atoms with E-state index < -0.39 is 0 Å². The van der Waals surface area contributed by atoms with Crippen molar-refractivity contribution in [2.45, 2.75) is 0 Å². The van der Waals surface area contributed by atoms with Crippen LogP contribution in [-0.2, 0) is 0 Å². The third-order valence-electron chi connectivity index (χ3n) is 2.88. The first-order valence-corrected chi connectivity index (χ1v) is 6.10. The molecule has 3 rings (SSSR count). The van der Waals surface area contributed by atoms with Gasteiger partial charge in [-0.15, -0.1) is 0 Å². The Balaban J connectivity index is 2.04. The minimum Gasteiger partial charge on any atom is -0.481 e. The zero-order valence-corrected chi connectivity index (χ0v) is 10.9. The molecule has 0 aliphatic carbocycles. The number of aromatic nitrogens is 2. The van der Waals surface area contributed by atoms with E-state index in [4.69, 9.17) is 15.2 Å². The summed E-state index contributed by atoms with van der Waals surface area (Å²) in [7, 11) is 1.56. The summed E-state index contributed by atoms with van der Waals surface area (Å²) in [5.74, 6) is 1.61. The number of nitrogens with zero attached hydrogens (tertiary/aromatic N) is 2. The highest BCUT2D eigenvalue weighted by Crippen LogP contribution is 2.31. The third kappa shape index (κ3) is 2.21. The summed E-state index contributed by atoms with van der Waals surface area (Å²) in [6, 6.07) is 12.7. The largest absolute Gasteiger partial charge is 0.481 e. The van der Waals surface area contributed by atoms with Crippen molar-refractivity contribution in [3.05, 3.63) is 48.7 Å². The summed E-state index contributed by atoms with van der Waals surface area (Å²) < 4.78 is 10.9. The van der Waals surface area contributed by atoms with Crippen molar-refractivity contribution < 1.29 is 9.47 Å². The number of pyridine rings is 2. The lowest BCUT2D eigenvalue weighted by Crippen LogP contribution is -1.94. The van der Waals surface area contributed by atoms with Crippen LogP contribution in [0.25, 0.3) is 10.9 Å². The molecule has 2 aromatic heterocycles. The predicted molar refractivity (Wildman–Crippen MR) is 77.0 cm³/mol. The Morgan fingerprint density at radius 3 is 2.70 bits per heavy atom. The summed E-state index contributed by atoms with van der Waals surface area (Å²) in [5.41, 5.74) is 7.24. The maximum atomic E-state index is 5.91. The SMILES string of the molecule is COc1cccc(Oc2ccc(N)c3ncccc23)n1. The Bertz CT molecular complexity index is 759. The molecule has 3 aromatic rings. The second-order valence-electron chi connectivity index (χ2n) is 4.17. The highest BCUT2D eigenvalue weighted by molar-refractivity contribution is 5.93. The van der Waals surface area contributed by atoms with E-state index in [1.54, 1.807) is 37.6 Å². The average Bonchev–Trinajstić information content (AvgIpc) is 2.51. The standard InChI is InChI=1S/C15H13N3O2/c1-19-13-5-2-6-14(18-13)20-12-8-7-11(16)15-10(12)4-3-9-17-15/h2-9H,16H2,1H3. The minimum atomic E-state index is 0.458. The second-order valence-corrected chi connectivity index (χ2v) is 4.17. The van der Waals surface area contributed by atoms with Gasteiger partial charge in [-0.3, -0.25) is 4.98 Å². The van der Waals surface area contributed by atoms with Crippen molar-refractivity contribution in [3.8, 4) is 17.5 Å². The summed E-state index contributed by atoms with van der Waals surface area (Å²) in [6.07, 6.45) is 1.70. The molecule has 2 N–H and O–H groups in total. The summed E-state index contributed by atoms with van der Waals surface area (Å²) >= 11 is 0. The molecular weight excluding hydrogens is 254 g/mol. The van der Waals surface area contributed by atoms with E-state index in [9.17, 15) is 0 Å². The van der Waals surface area contributed by atoms with Crippen LogP contribution in [0, 0.1) is 0 Å². The number of nitrogens with two attached hydrogens (primary N) is 1. The van der Waals surface area contributed by atoms with Crippen LogP contribution in [0.1, 0.15) is 0 Å². The molecule has 0 unspecified atom stereocenters. The predicted octanol–water partition coefficient (Wildman–Crippen LogP) is 3.01. The van der Waals surface area contributed by atoms with Crippen molar-refractivity contribution >= 4 is 16.6 Å². The van der Waals surface area contributed by atoms with Gasteiger partial charge in [-0.25, -0.2) is 0 Å². The van der Waals surface area contributed by atoms with Gasteiger partial charge in [0.1, 0.15) is 5.75 Å². The Morgan fingerprint density at radius 2 is 1.85 bits per heavy atom. The molecule has 0 aliphatic heterocycles. The van der Waals surface area contributed by atoms with E-state index in [1.807, 2.05) is 18.2 Å². The smallest absolute Gasteiger partial charge is 0.222 e. The lowest BCUT2D eigenvalue weighted by Gasteiger charge is -2.09. The Kier molecular flexibility index (Phi) is 3.09. The zero-order chi connectivity index (χ0) is 13.9. The number of benzene rings is 1. The summed E-state index contributed by atoms with van der Waals surface area (Å²) in [4.78, 5) is 8.49. The van der Waals surface area contributed by atoms with Gasteiger partial charge >= 0.3 is 0 Å². The van der Waals surface area contributed by atoms with Crippen molar-refractivity contribution in [2.24, 2.45) is 0 Å². The zero-order valence-electron chi connectivity index (χ0n) is 10.9. The molecule has 0 fully saturated rings. The Morgan fingerprint density at radius 1 is 1.00 bits per heavy atom. The van der Waals surface area contributed by atoms with Crippen LogP contribution in [0.4, 0.5) is 5.69 Å². The fourth-order valence-electron chi connectivity index (χ4n) is 1.94. The fourth-order valence-corrected chi connectivity index (χ4v) is 1.94. The van der Waals surface area contributed by atoms with Gasteiger partial charge in [0.05, 0.1) is 18.3 Å². The van der Waals surface area contributed by atoms with Crippen LogP contribution in [0.2, 0.25) is 0 Å². The number of anilines is 1. The van der Waals surface area contributed by atoms with Gasteiger partial charge in [0.25, 0.3) is 0 Å². The topological polar surface area (TPSA) is 70.3 Å². The van der Waals surface area contributed by atoms with Gasteiger partial charge in [-0.05, 0) is 24.3 Å². The quantitative estimate of drug-likeness (QED) is 0.739. The first-order valence-electron chi connectivity index (χ1n) is 6.10. The first-order chi connectivity index (χ1) is 9.78. The minimum absolute atomic E-state index is 0.458. The third-order valence-corrected chi connectivity index (χ3v) is 2.88. The molecule has 0 saturated heterocycles. The molecule has 0 bridgehead atoms. The molecule has 0 atom stereocenters. The molecule has 0 aliphatic rings. The number of methoxy groups -OCH3 is 1. The van der Waals surface area contributed by atoms with Crippen LogP contribution >= 0.6 is 0 Å². The van der Waals surface area contributed by atoms with Gasteiger partial charge in [-0.1, -0.05) is 6.07 Å². The van der Waals surface area contributed by atoms with Crippen LogP contribution in [-0.4, -0.2) is 17.1 Å². The Hall–Kier alpha value is -2.82.